The number of halogens is 10. The molecule has 1 unspecified atom stereocenters. The number of nitrogens with two attached hydrogens (primary N) is 2. The van der Waals surface area contributed by atoms with Crippen molar-refractivity contribution in [2.24, 2.45) is 11.7 Å². The van der Waals surface area contributed by atoms with E-state index in [9.17, 15) is 18.9 Å². The Morgan fingerprint density at radius 3 is 1.33 bits per heavy atom. The fraction of sp³-hybridized carbons (Fsp3) is 0.458. The molecule has 9 aromatic heterocycles. The second-order valence-electron chi connectivity index (χ2n) is 29.9. The van der Waals surface area contributed by atoms with Crippen LogP contribution in [-0.2, 0) is 96.0 Å². The van der Waals surface area contributed by atoms with Crippen molar-refractivity contribution in [2.45, 2.75) is 71.0 Å². The maximum atomic E-state index is 12.5. The number of nitrogen functional groups attached to an aromatic ring is 1. The number of aromatic nitrogens is 12. The van der Waals surface area contributed by atoms with Crippen LogP contribution >= 0.6 is 129 Å². The Kier molecular flexibility index (Phi) is 40.5. The van der Waals surface area contributed by atoms with Gasteiger partial charge in [-0.25, -0.2) is 54.8 Å². The number of piperidine rings is 1. The molecule has 44 heteroatoms. The van der Waals surface area contributed by atoms with Crippen molar-refractivity contribution in [3.63, 3.8) is 0 Å². The van der Waals surface area contributed by atoms with Crippen LogP contribution in [0.4, 0.5) is 40.5 Å². The maximum Gasteiger partial charge on any atom is 0.339 e. The number of nitrogens with one attached hydrogen (secondary N) is 3. The largest absolute Gasteiger partial charge is 0.468 e. The number of rotatable bonds is 19. The lowest BCUT2D eigenvalue weighted by molar-refractivity contribution is -0.149. The van der Waals surface area contributed by atoms with Gasteiger partial charge in [-0.15, -0.1) is 0 Å². The number of amidine groups is 1. The smallest absolute Gasteiger partial charge is 0.339 e. The Morgan fingerprint density at radius 1 is 0.520 bits per heavy atom. The van der Waals surface area contributed by atoms with Crippen LogP contribution in [0.25, 0.3) is 0 Å². The first-order valence-electron chi connectivity index (χ1n) is 41.3. The molecule has 33 nitrogen and oxygen atoms in total. The van der Waals surface area contributed by atoms with Gasteiger partial charge >= 0.3 is 11.2 Å². The highest BCUT2D eigenvalue weighted by Gasteiger charge is 2.35. The van der Waals surface area contributed by atoms with E-state index >= 15 is 0 Å². The summed E-state index contributed by atoms with van der Waals surface area (Å²) in [5, 5.41) is 10.3. The molecule has 0 amide bonds. The van der Waals surface area contributed by atoms with Gasteiger partial charge in [0.2, 0.25) is 0 Å². The van der Waals surface area contributed by atoms with E-state index in [2.05, 4.69) is 150 Å². The van der Waals surface area contributed by atoms with Gasteiger partial charge in [0.05, 0.1) is 153 Å². The number of anilines is 7. The Morgan fingerprint density at radius 2 is 0.921 bits per heavy atom. The molecule has 1 atom stereocenters. The first kappa shape index (κ1) is 100. The first-order valence-corrected chi connectivity index (χ1v) is 49.2. The number of morpholine rings is 4. The molecule has 17 rings (SSSR count). The molecule has 127 heavy (non-hydrogen) atoms. The number of H-pyrrole nitrogens is 1. The van der Waals surface area contributed by atoms with Crippen molar-refractivity contribution >= 4 is 187 Å². The fourth-order valence-corrected chi connectivity index (χ4v) is 16.3. The third kappa shape index (κ3) is 32.5. The van der Waals surface area contributed by atoms with E-state index < -0.39 is 17.1 Å². The summed E-state index contributed by atoms with van der Waals surface area (Å²) in [5.74, 6) is 5.15. The quantitative estimate of drug-likeness (QED) is 0.00954. The average molecular weight is 2050 g/mol. The normalized spacial score (nSPS) is 17.2. The van der Waals surface area contributed by atoms with Crippen LogP contribution in [-0.4, -0.2) is 268 Å². The maximum absolute atomic E-state index is 12.5. The highest BCUT2D eigenvalue weighted by Crippen LogP contribution is 2.61. The molecule has 8 aliphatic heterocycles. The number of ether oxygens (including phenoxy) is 5. The number of ketones is 1. The molecule has 682 valence electrons. The van der Waals surface area contributed by atoms with Crippen molar-refractivity contribution in [1.82, 2.24) is 79.4 Å². The van der Waals surface area contributed by atoms with E-state index in [1.54, 1.807) is 66.3 Å². The van der Waals surface area contributed by atoms with E-state index in [1.165, 1.54) is 7.11 Å². The number of Topliss-reactive ketones (excluding diaryl/α,β-unsaturated/α-hetero) is 1. The summed E-state index contributed by atoms with van der Waals surface area (Å²) in [6.45, 7) is 22.5. The second kappa shape index (κ2) is 51.4. The average Bonchev–Trinajstić information content (AvgIpc) is 0.801. The van der Waals surface area contributed by atoms with Crippen LogP contribution in [0.2, 0.25) is 25.2 Å². The Labute approximate surface area is 793 Å². The van der Waals surface area contributed by atoms with Crippen LogP contribution in [0.3, 0.4) is 0 Å². The predicted molar refractivity (Wildman–Crippen MR) is 506 cm³/mol. The molecule has 7 N–H and O–H groups in total. The molecule has 5 saturated heterocycles. The molecule has 8 aliphatic rings. The third-order valence-corrected chi connectivity index (χ3v) is 23.6. The molecule has 0 aromatic carbocycles. The number of pyridine rings is 6. The fourth-order valence-electron chi connectivity index (χ4n) is 14.6. The van der Waals surface area contributed by atoms with Crippen molar-refractivity contribution in [3.05, 3.63) is 206 Å². The standard InChI is InChI=1S/C23H25BrClN7O.C18H21Cl2N5O.C18H22ClN5O2.C12H13ClN2O3.C7H15N3O.C5H5BrN2.Cl3OP/c24-20-4-3-16(14-27-20)28-22-17-5-9-32(23-18(25)2-1-7-26-23)15-19(17)29-21(30-22)6-8-31-10-12-33-13-11-31;19-14-2-1-5-21-18(14)25-7-3-13-15(12-25)22-16(23-17(13)20)4-6-24-8-10-26-11-9-24;19-14-2-1-5-20-17(14)24-7-3-13-15(12-24)21-16(22-18(13)25)4-6-23-8-10-26-11-9-23;1-18-12(17)8-4-6-15(7-10(8)16)11-9(13)3-2-5-14-11;8-7(9)1-2-10-3-5-11-6-4-10;6-5-2-1-4(7)3-8-5;1-5(2,3)4/h1-4,7,14H,5-6,8-13,15H2,(H,28,29,30);1-2,5H,3-4,6-12H2;1-2,5H,3-4,6-12H2,(H,21,22,25);2-3,5,8H,4,6-7H2,1H3;1-6H2,(H3,8,9);1-3H,7H2;. The highest BCUT2D eigenvalue weighted by atomic mass is 79.9. The lowest BCUT2D eigenvalue weighted by atomic mass is 9.95. The van der Waals surface area contributed by atoms with Crippen molar-refractivity contribution in [1.29, 1.82) is 5.41 Å². The number of carbonyl (C=O) groups is 2. The zero-order valence-electron chi connectivity index (χ0n) is 70.0. The Hall–Kier alpha value is -7.46. The van der Waals surface area contributed by atoms with Gasteiger partial charge in [0, 0.05) is 172 Å². The third-order valence-electron chi connectivity index (χ3n) is 21.2. The van der Waals surface area contributed by atoms with Gasteiger partial charge < -0.3 is 65.1 Å². The monoisotopic (exact) mass is 2050 g/mol. The van der Waals surface area contributed by atoms with Gasteiger partial charge in [0.25, 0.3) is 5.56 Å². The van der Waals surface area contributed by atoms with Crippen molar-refractivity contribution in [2.75, 3.05) is 202 Å². The first-order chi connectivity index (χ1) is 61.3. The molecule has 0 aliphatic carbocycles. The second-order valence-corrected chi connectivity index (χ2v) is 40.1. The molecular formula is C83H101Br2Cl8N24O9P. The molecule has 0 bridgehead atoms. The minimum Gasteiger partial charge on any atom is -0.468 e. The van der Waals surface area contributed by atoms with E-state index in [1.807, 2.05) is 48.5 Å². The summed E-state index contributed by atoms with van der Waals surface area (Å²) in [5.41, 5.74) is 17.9. The van der Waals surface area contributed by atoms with Gasteiger partial charge in [-0.3, -0.25) is 44.0 Å². The van der Waals surface area contributed by atoms with Crippen LogP contribution in [0, 0.1) is 11.3 Å². The molecule has 5 fully saturated rings. The number of carbonyl (C=O) groups excluding carboxylic acids is 2. The number of aromatic amines is 1. The van der Waals surface area contributed by atoms with E-state index in [4.69, 9.17) is 114 Å². The van der Waals surface area contributed by atoms with Crippen LogP contribution in [0.15, 0.2) is 124 Å². The van der Waals surface area contributed by atoms with E-state index in [0.717, 1.165) is 266 Å². The number of hydrogen-bond acceptors (Lipinski definition) is 31. The number of esters is 1. The molecule has 0 radical (unpaired) electrons. The zero-order valence-corrected chi connectivity index (χ0v) is 80.1. The Bertz CT molecular complexity index is 5140. The summed E-state index contributed by atoms with van der Waals surface area (Å²) in [7, 11) is 1.29. The van der Waals surface area contributed by atoms with Crippen LogP contribution < -0.4 is 41.9 Å². The molecular weight excluding hydrogens is 1950 g/mol. The Balaban J connectivity index is 0.000000153. The number of fused-ring (bicyclic) bond motifs is 3. The lowest BCUT2D eigenvalue weighted by Gasteiger charge is -2.31. The molecule has 17 heterocycles. The minimum absolute atomic E-state index is 0.0151. The summed E-state index contributed by atoms with van der Waals surface area (Å²) in [6.07, 6.45) is 16.0. The predicted octanol–water partition coefficient (Wildman–Crippen LogP) is 12.9. The van der Waals surface area contributed by atoms with E-state index in [-0.39, 0.29) is 23.7 Å². The number of hydrogen-bond donors (Lipinski definition) is 5. The van der Waals surface area contributed by atoms with Gasteiger partial charge in [0.15, 0.2) is 5.78 Å². The lowest BCUT2D eigenvalue weighted by Crippen LogP contribution is -2.44. The highest BCUT2D eigenvalue weighted by molar-refractivity contribution is 9.10. The molecule has 0 saturated carbocycles. The van der Waals surface area contributed by atoms with Gasteiger partial charge in [-0.2, -0.15) is 0 Å². The topological polar surface area (TPSA) is 386 Å². The van der Waals surface area contributed by atoms with Crippen molar-refractivity contribution in [3.8, 4) is 0 Å². The summed E-state index contributed by atoms with van der Waals surface area (Å²) >= 11 is 51.9. The van der Waals surface area contributed by atoms with Gasteiger partial charge in [0.1, 0.15) is 66.8 Å². The minimum atomic E-state index is -3.22. The number of nitrogens with zero attached hydrogens (tertiary/aromatic N) is 19. The summed E-state index contributed by atoms with van der Waals surface area (Å²) in [4.78, 5) is 106. The SMILES string of the molecule is COC(=O)C1CCN(c2ncccc2Cl)CC1=O.Clc1cccnc1N1CCc2c(Cl)nc(CCN3CCOCC3)nc2C1.Clc1cccnc1N1CCc2c(nc(CCN3CCOCC3)nc2Nc2ccc(Br)nc2)C1.N=C(N)CCN1CCOCC1.Nc1ccc(Br)nc1.O=P(Cl)(Cl)Cl.O=c1[nH]c(CCN2CCOCC2)nc2c1CCN(c1ncccc1Cl)C2. The zero-order chi connectivity index (χ0) is 90.2. The van der Waals surface area contributed by atoms with Crippen LogP contribution in [0.5, 0.6) is 0 Å². The summed E-state index contributed by atoms with van der Waals surface area (Å²) in [6, 6.07) is 22.0. The number of methoxy groups -OCH3 is 1. The molecule has 0 spiro atoms. The summed E-state index contributed by atoms with van der Waals surface area (Å²) < 4.78 is 37.1. The van der Waals surface area contributed by atoms with Gasteiger partial charge in [-0.1, -0.05) is 58.0 Å². The van der Waals surface area contributed by atoms with E-state index in [0.29, 0.717) is 88.7 Å². The van der Waals surface area contributed by atoms with Crippen molar-refractivity contribution < 1.29 is 37.8 Å². The van der Waals surface area contributed by atoms with Crippen LogP contribution in [0.1, 0.15) is 64.1 Å². The van der Waals surface area contributed by atoms with Gasteiger partial charge in [-0.05, 0) is 164 Å². The molecule has 9 aromatic rings.